The Kier molecular flexibility index (Phi) is 9.19. The molecule has 0 unspecified atom stereocenters. The van der Waals surface area contributed by atoms with Crippen molar-refractivity contribution in [1.29, 1.82) is 0 Å². The fourth-order valence-corrected chi connectivity index (χ4v) is 2.20. The van der Waals surface area contributed by atoms with Crippen molar-refractivity contribution in [3.63, 3.8) is 0 Å². The van der Waals surface area contributed by atoms with E-state index in [-0.39, 0.29) is 36.4 Å². The Bertz CT molecular complexity index is 489. The lowest BCUT2D eigenvalue weighted by Crippen LogP contribution is -2.10. The zero-order chi connectivity index (χ0) is 12.2. The molecule has 0 saturated heterocycles. The highest BCUT2D eigenvalue weighted by Crippen LogP contribution is 2.12. The van der Waals surface area contributed by atoms with E-state index in [1.807, 2.05) is 0 Å². The third kappa shape index (κ3) is 5.77. The van der Waals surface area contributed by atoms with Crippen LogP contribution in [0.3, 0.4) is 0 Å². The van der Waals surface area contributed by atoms with Crippen LogP contribution in [0.5, 0.6) is 0 Å². The second kappa shape index (κ2) is 8.42. The topological polar surface area (TPSA) is 73.0 Å². The first-order valence-electron chi connectivity index (χ1n) is 4.66. The fraction of sp³-hybridized carbons (Fsp3) is 0.300. The van der Waals surface area contributed by atoms with Crippen molar-refractivity contribution in [3.05, 3.63) is 35.8 Å². The smallest absolute Gasteiger partial charge is 0.202 e. The van der Waals surface area contributed by atoms with Gasteiger partial charge in [0, 0.05) is 12.7 Å². The van der Waals surface area contributed by atoms with E-state index in [4.69, 9.17) is 5.73 Å². The normalized spacial score (nSPS) is 11.4. The SMILES string of the molecule is Cc1ccc(S(=O)(=O)C/C(F)=C/CN)nc1.Cl.Cl. The molecule has 104 valence electrons. The van der Waals surface area contributed by atoms with Crippen LogP contribution in [0.4, 0.5) is 4.39 Å². The monoisotopic (exact) mass is 316 g/mol. The molecule has 0 atom stereocenters. The van der Waals surface area contributed by atoms with E-state index in [2.05, 4.69) is 4.98 Å². The van der Waals surface area contributed by atoms with Gasteiger partial charge in [0.25, 0.3) is 0 Å². The molecule has 4 nitrogen and oxygen atoms in total. The number of sulfone groups is 1. The van der Waals surface area contributed by atoms with Crippen LogP contribution >= 0.6 is 24.8 Å². The molecule has 0 fully saturated rings. The van der Waals surface area contributed by atoms with Gasteiger partial charge in [0.05, 0.1) is 0 Å². The Morgan fingerprint density at radius 2 is 2.06 bits per heavy atom. The standard InChI is InChI=1S/C10H13FN2O2S.2ClH/c1-8-2-3-10(13-6-8)16(14,15)7-9(11)4-5-12;;/h2-4,6H,5,7,12H2,1H3;2*1H/b9-4-;;. The molecule has 0 saturated carbocycles. The average Bonchev–Trinajstić information content (AvgIpc) is 2.17. The average molecular weight is 317 g/mol. The minimum absolute atomic E-state index is 0. The van der Waals surface area contributed by atoms with Crippen LogP contribution in [0.25, 0.3) is 0 Å². The van der Waals surface area contributed by atoms with E-state index in [1.165, 1.54) is 12.3 Å². The highest BCUT2D eigenvalue weighted by molar-refractivity contribution is 7.91. The molecule has 1 aromatic rings. The maximum Gasteiger partial charge on any atom is 0.202 e. The number of hydrogen-bond donors (Lipinski definition) is 1. The van der Waals surface area contributed by atoms with E-state index >= 15 is 0 Å². The van der Waals surface area contributed by atoms with Gasteiger partial charge in [-0.25, -0.2) is 17.8 Å². The quantitative estimate of drug-likeness (QED) is 0.919. The summed E-state index contributed by atoms with van der Waals surface area (Å²) in [4.78, 5) is 3.75. The Morgan fingerprint density at radius 1 is 1.44 bits per heavy atom. The summed E-state index contributed by atoms with van der Waals surface area (Å²) >= 11 is 0. The number of aryl methyl sites for hydroxylation is 1. The summed E-state index contributed by atoms with van der Waals surface area (Å²) in [7, 11) is -3.71. The van der Waals surface area contributed by atoms with Gasteiger partial charge in [0.15, 0.2) is 5.03 Å². The molecule has 0 aliphatic rings. The van der Waals surface area contributed by atoms with Crippen LogP contribution in [-0.4, -0.2) is 25.7 Å². The zero-order valence-electron chi connectivity index (χ0n) is 9.67. The Labute approximate surface area is 118 Å². The Morgan fingerprint density at radius 3 is 2.50 bits per heavy atom. The fourth-order valence-electron chi connectivity index (χ4n) is 1.08. The summed E-state index contributed by atoms with van der Waals surface area (Å²) in [6.07, 6.45) is 2.46. The van der Waals surface area contributed by atoms with Crippen LogP contribution in [0.2, 0.25) is 0 Å². The Balaban J connectivity index is 0. The molecule has 8 heteroatoms. The summed E-state index contributed by atoms with van der Waals surface area (Å²) in [6, 6.07) is 2.98. The van der Waals surface area contributed by atoms with Gasteiger partial charge in [0.2, 0.25) is 9.84 Å². The van der Waals surface area contributed by atoms with E-state index in [0.29, 0.717) is 0 Å². The van der Waals surface area contributed by atoms with Crippen molar-refractivity contribution in [3.8, 4) is 0 Å². The van der Waals surface area contributed by atoms with Crippen molar-refractivity contribution in [2.45, 2.75) is 11.9 Å². The summed E-state index contributed by atoms with van der Waals surface area (Å²) < 4.78 is 36.3. The molecular weight excluding hydrogens is 302 g/mol. The van der Waals surface area contributed by atoms with E-state index in [9.17, 15) is 12.8 Å². The number of aromatic nitrogens is 1. The van der Waals surface area contributed by atoms with E-state index in [0.717, 1.165) is 11.6 Å². The first-order valence-corrected chi connectivity index (χ1v) is 6.31. The Hall–Kier alpha value is -0.690. The first-order chi connectivity index (χ1) is 7.45. The van der Waals surface area contributed by atoms with Crippen LogP contribution in [0, 0.1) is 6.92 Å². The van der Waals surface area contributed by atoms with Gasteiger partial charge < -0.3 is 5.73 Å². The maximum absolute atomic E-state index is 13.0. The predicted octanol–water partition coefficient (Wildman–Crippen LogP) is 1.82. The second-order valence-electron chi connectivity index (χ2n) is 3.32. The zero-order valence-corrected chi connectivity index (χ0v) is 12.1. The summed E-state index contributed by atoms with van der Waals surface area (Å²) in [5.41, 5.74) is 5.92. The van der Waals surface area contributed by atoms with Crippen molar-refractivity contribution < 1.29 is 12.8 Å². The number of pyridine rings is 1. The molecule has 1 aromatic heterocycles. The lowest BCUT2D eigenvalue weighted by atomic mass is 10.3. The van der Waals surface area contributed by atoms with E-state index in [1.54, 1.807) is 13.0 Å². The molecule has 1 heterocycles. The maximum atomic E-state index is 13.0. The molecule has 0 bridgehead atoms. The van der Waals surface area contributed by atoms with Crippen molar-refractivity contribution in [1.82, 2.24) is 4.98 Å². The minimum atomic E-state index is -3.71. The molecule has 1 rings (SSSR count). The van der Waals surface area contributed by atoms with Gasteiger partial charge in [-0.2, -0.15) is 0 Å². The van der Waals surface area contributed by atoms with Gasteiger partial charge in [-0.1, -0.05) is 6.07 Å². The highest BCUT2D eigenvalue weighted by Gasteiger charge is 2.17. The summed E-state index contributed by atoms with van der Waals surface area (Å²) in [6.45, 7) is 1.76. The molecule has 0 spiro atoms. The largest absolute Gasteiger partial charge is 0.327 e. The van der Waals surface area contributed by atoms with Gasteiger partial charge in [0.1, 0.15) is 11.6 Å². The number of rotatable bonds is 4. The number of halogens is 3. The predicted molar refractivity (Wildman–Crippen MR) is 73.8 cm³/mol. The molecule has 0 radical (unpaired) electrons. The molecular formula is C10H15Cl2FN2O2S. The lowest BCUT2D eigenvalue weighted by molar-refractivity contribution is 0.580. The number of nitrogens with two attached hydrogens (primary N) is 1. The first kappa shape index (κ1) is 19.6. The second-order valence-corrected chi connectivity index (χ2v) is 5.26. The molecule has 0 aromatic carbocycles. The van der Waals surface area contributed by atoms with Crippen molar-refractivity contribution in [2.75, 3.05) is 12.3 Å². The third-order valence-electron chi connectivity index (χ3n) is 1.87. The summed E-state index contributed by atoms with van der Waals surface area (Å²) in [5.74, 6) is -1.45. The molecule has 0 aliphatic carbocycles. The van der Waals surface area contributed by atoms with Crippen LogP contribution < -0.4 is 5.73 Å². The van der Waals surface area contributed by atoms with Crippen LogP contribution in [-0.2, 0) is 9.84 Å². The molecule has 18 heavy (non-hydrogen) atoms. The summed E-state index contributed by atoms with van der Waals surface area (Å²) in [5, 5.41) is -0.126. The van der Waals surface area contributed by atoms with Crippen LogP contribution in [0.1, 0.15) is 5.56 Å². The van der Waals surface area contributed by atoms with Gasteiger partial charge in [-0.3, -0.25) is 0 Å². The number of nitrogens with zero attached hydrogens (tertiary/aromatic N) is 1. The number of hydrogen-bond acceptors (Lipinski definition) is 4. The molecule has 2 N–H and O–H groups in total. The third-order valence-corrected chi connectivity index (χ3v) is 3.40. The van der Waals surface area contributed by atoms with E-state index < -0.39 is 21.4 Å². The van der Waals surface area contributed by atoms with Crippen molar-refractivity contribution >= 4 is 34.7 Å². The molecule has 0 aliphatic heterocycles. The molecule has 0 amide bonds. The highest BCUT2D eigenvalue weighted by atomic mass is 35.5. The van der Waals surface area contributed by atoms with Gasteiger partial charge >= 0.3 is 0 Å². The minimum Gasteiger partial charge on any atom is -0.327 e. The van der Waals surface area contributed by atoms with Crippen LogP contribution in [0.15, 0.2) is 35.3 Å². The van der Waals surface area contributed by atoms with Gasteiger partial charge in [-0.05, 0) is 24.6 Å². The van der Waals surface area contributed by atoms with Crippen molar-refractivity contribution in [2.24, 2.45) is 5.73 Å². The lowest BCUT2D eigenvalue weighted by Gasteiger charge is -2.02. The van der Waals surface area contributed by atoms with Gasteiger partial charge in [-0.15, -0.1) is 24.8 Å².